The average molecular weight is 185 g/mol. The fraction of sp³-hybridized carbons (Fsp3) is 1.00. The van der Waals surface area contributed by atoms with Gasteiger partial charge >= 0.3 is 0 Å². The molecule has 0 spiro atoms. The van der Waals surface area contributed by atoms with Crippen LogP contribution in [-0.4, -0.2) is 56.1 Å². The third-order valence-electron chi connectivity index (χ3n) is 3.47. The van der Waals surface area contributed by atoms with Gasteiger partial charge in [0, 0.05) is 12.1 Å². The minimum absolute atomic E-state index is 0.255. The smallest absolute Gasteiger partial charge is 0.0338 e. The second kappa shape index (κ2) is 4.40. The summed E-state index contributed by atoms with van der Waals surface area (Å²) in [6, 6.07) is 0. The lowest BCUT2D eigenvalue weighted by Gasteiger charge is -2.38. The molecule has 1 aliphatic rings. The quantitative estimate of drug-likeness (QED) is 0.674. The van der Waals surface area contributed by atoms with Gasteiger partial charge < -0.3 is 15.5 Å². The molecule has 0 bridgehead atoms. The lowest BCUT2D eigenvalue weighted by Crippen LogP contribution is -2.50. The van der Waals surface area contributed by atoms with Gasteiger partial charge in [0.2, 0.25) is 0 Å². The summed E-state index contributed by atoms with van der Waals surface area (Å²) in [6.45, 7) is 3.18. The van der Waals surface area contributed by atoms with Crippen LogP contribution in [0.25, 0.3) is 0 Å². The van der Waals surface area contributed by atoms with Crippen LogP contribution in [0.5, 0.6) is 0 Å². The molecule has 1 unspecified atom stereocenters. The molecule has 1 atom stereocenters. The summed E-state index contributed by atoms with van der Waals surface area (Å²) in [5, 5.41) is 0. The zero-order valence-corrected chi connectivity index (χ0v) is 9.21. The molecule has 78 valence electrons. The molecule has 0 aliphatic carbocycles. The Hall–Kier alpha value is -0.120. The molecule has 0 aromatic carbocycles. The Labute approximate surface area is 81.9 Å². The van der Waals surface area contributed by atoms with Crippen molar-refractivity contribution in [1.29, 1.82) is 0 Å². The predicted molar refractivity (Wildman–Crippen MR) is 56.8 cm³/mol. The third kappa shape index (κ3) is 2.42. The van der Waals surface area contributed by atoms with E-state index in [1.54, 1.807) is 0 Å². The Kier molecular flexibility index (Phi) is 3.71. The zero-order valence-electron chi connectivity index (χ0n) is 9.21. The summed E-state index contributed by atoms with van der Waals surface area (Å²) in [5.41, 5.74) is 6.15. The number of hydrogen-bond acceptors (Lipinski definition) is 3. The van der Waals surface area contributed by atoms with Crippen molar-refractivity contribution in [3.8, 4) is 0 Å². The first kappa shape index (κ1) is 11.0. The molecule has 3 nitrogen and oxygen atoms in total. The van der Waals surface area contributed by atoms with Gasteiger partial charge in [-0.25, -0.2) is 0 Å². The first-order chi connectivity index (χ1) is 6.10. The van der Waals surface area contributed by atoms with E-state index in [-0.39, 0.29) is 5.54 Å². The van der Waals surface area contributed by atoms with Gasteiger partial charge in [-0.1, -0.05) is 0 Å². The summed E-state index contributed by atoms with van der Waals surface area (Å²) in [6.07, 6.45) is 3.71. The molecule has 0 saturated carbocycles. The van der Waals surface area contributed by atoms with E-state index in [4.69, 9.17) is 5.73 Å². The molecule has 0 radical (unpaired) electrons. The lowest BCUT2D eigenvalue weighted by molar-refractivity contribution is 0.138. The van der Waals surface area contributed by atoms with E-state index in [9.17, 15) is 0 Å². The van der Waals surface area contributed by atoms with Crippen LogP contribution in [0.3, 0.4) is 0 Å². The SMILES string of the molecule is CN1CCCC(CN)(N(C)C)CC1. The van der Waals surface area contributed by atoms with E-state index in [1.165, 1.54) is 32.4 Å². The minimum Gasteiger partial charge on any atom is -0.329 e. The highest BCUT2D eigenvalue weighted by Gasteiger charge is 2.32. The number of nitrogens with two attached hydrogens (primary N) is 1. The minimum atomic E-state index is 0.255. The molecule has 1 aliphatic heterocycles. The fourth-order valence-electron chi connectivity index (χ4n) is 2.15. The topological polar surface area (TPSA) is 32.5 Å². The standard InChI is InChI=1S/C10H23N3/c1-12(2)10(9-11)5-4-7-13(3)8-6-10/h4-9,11H2,1-3H3. The zero-order chi connectivity index (χ0) is 9.90. The van der Waals surface area contributed by atoms with Crippen LogP contribution < -0.4 is 5.73 Å². The summed E-state index contributed by atoms with van der Waals surface area (Å²) < 4.78 is 0. The first-order valence-electron chi connectivity index (χ1n) is 5.17. The van der Waals surface area contributed by atoms with Crippen LogP contribution in [-0.2, 0) is 0 Å². The largest absolute Gasteiger partial charge is 0.329 e. The highest BCUT2D eigenvalue weighted by molar-refractivity contribution is 4.91. The maximum Gasteiger partial charge on any atom is 0.0338 e. The van der Waals surface area contributed by atoms with E-state index < -0.39 is 0 Å². The molecular weight excluding hydrogens is 162 g/mol. The summed E-state index contributed by atoms with van der Waals surface area (Å²) >= 11 is 0. The Morgan fingerprint density at radius 2 is 2.00 bits per heavy atom. The van der Waals surface area contributed by atoms with Gasteiger partial charge in [-0.2, -0.15) is 0 Å². The van der Waals surface area contributed by atoms with Crippen LogP contribution in [0.15, 0.2) is 0 Å². The van der Waals surface area contributed by atoms with Crippen molar-refractivity contribution >= 4 is 0 Å². The maximum atomic E-state index is 5.89. The molecule has 1 saturated heterocycles. The third-order valence-corrected chi connectivity index (χ3v) is 3.47. The van der Waals surface area contributed by atoms with Crippen LogP contribution >= 0.6 is 0 Å². The second-order valence-electron chi connectivity index (χ2n) is 4.48. The Bertz CT molecular complexity index is 158. The van der Waals surface area contributed by atoms with E-state index in [1.807, 2.05) is 0 Å². The first-order valence-corrected chi connectivity index (χ1v) is 5.17. The van der Waals surface area contributed by atoms with E-state index in [2.05, 4.69) is 30.9 Å². The van der Waals surface area contributed by atoms with Gasteiger partial charge in [0.15, 0.2) is 0 Å². The molecule has 3 heteroatoms. The molecule has 1 rings (SSSR count). The van der Waals surface area contributed by atoms with Crippen LogP contribution in [0, 0.1) is 0 Å². The Morgan fingerprint density at radius 1 is 1.31 bits per heavy atom. The second-order valence-corrected chi connectivity index (χ2v) is 4.48. The average Bonchev–Trinajstić information content (AvgIpc) is 2.28. The van der Waals surface area contributed by atoms with Crippen molar-refractivity contribution in [2.75, 3.05) is 40.8 Å². The van der Waals surface area contributed by atoms with Gasteiger partial charge in [0.1, 0.15) is 0 Å². The molecule has 2 N–H and O–H groups in total. The van der Waals surface area contributed by atoms with Gasteiger partial charge in [-0.05, 0) is 53.5 Å². The normalized spacial score (nSPS) is 32.1. The maximum absolute atomic E-state index is 5.89. The van der Waals surface area contributed by atoms with Crippen molar-refractivity contribution < 1.29 is 0 Å². The number of nitrogens with zero attached hydrogens (tertiary/aromatic N) is 2. The van der Waals surface area contributed by atoms with Gasteiger partial charge in [-0.3, -0.25) is 0 Å². The molecule has 1 heterocycles. The van der Waals surface area contributed by atoms with Crippen molar-refractivity contribution in [3.05, 3.63) is 0 Å². The highest BCUT2D eigenvalue weighted by Crippen LogP contribution is 2.25. The van der Waals surface area contributed by atoms with Gasteiger partial charge in [0.05, 0.1) is 0 Å². The molecule has 1 fully saturated rings. The van der Waals surface area contributed by atoms with E-state index in [0.29, 0.717) is 0 Å². The lowest BCUT2D eigenvalue weighted by atomic mass is 9.89. The molecular formula is C10H23N3. The van der Waals surface area contributed by atoms with Crippen molar-refractivity contribution in [2.45, 2.75) is 24.8 Å². The van der Waals surface area contributed by atoms with Gasteiger partial charge in [0.25, 0.3) is 0 Å². The van der Waals surface area contributed by atoms with E-state index in [0.717, 1.165) is 6.54 Å². The van der Waals surface area contributed by atoms with Crippen molar-refractivity contribution in [2.24, 2.45) is 5.73 Å². The monoisotopic (exact) mass is 185 g/mol. The molecule has 0 aromatic heterocycles. The summed E-state index contributed by atoms with van der Waals surface area (Å²) in [4.78, 5) is 4.72. The summed E-state index contributed by atoms with van der Waals surface area (Å²) in [7, 11) is 6.50. The van der Waals surface area contributed by atoms with Crippen LogP contribution in [0.1, 0.15) is 19.3 Å². The van der Waals surface area contributed by atoms with E-state index >= 15 is 0 Å². The molecule has 13 heavy (non-hydrogen) atoms. The highest BCUT2D eigenvalue weighted by atomic mass is 15.2. The number of likely N-dealkylation sites (tertiary alicyclic amines) is 1. The van der Waals surface area contributed by atoms with Crippen molar-refractivity contribution in [3.63, 3.8) is 0 Å². The van der Waals surface area contributed by atoms with Crippen LogP contribution in [0.2, 0.25) is 0 Å². The summed E-state index contributed by atoms with van der Waals surface area (Å²) in [5.74, 6) is 0. The molecule has 0 aromatic rings. The number of likely N-dealkylation sites (N-methyl/N-ethyl adjacent to an activating group) is 1. The van der Waals surface area contributed by atoms with Crippen LogP contribution in [0.4, 0.5) is 0 Å². The number of rotatable bonds is 2. The van der Waals surface area contributed by atoms with Gasteiger partial charge in [-0.15, -0.1) is 0 Å². The fourth-order valence-corrected chi connectivity index (χ4v) is 2.15. The predicted octanol–water partition coefficient (Wildman–Crippen LogP) is 0.361. The Morgan fingerprint density at radius 3 is 2.54 bits per heavy atom. The molecule has 0 amide bonds. The Balaban J connectivity index is 2.64. The number of hydrogen-bond donors (Lipinski definition) is 1. The van der Waals surface area contributed by atoms with Crippen molar-refractivity contribution in [1.82, 2.24) is 9.80 Å².